The minimum atomic E-state index is -0.781. The summed E-state index contributed by atoms with van der Waals surface area (Å²) in [6.45, 7) is 5.65. The number of anilines is 1. The van der Waals surface area contributed by atoms with Crippen LogP contribution in [0.1, 0.15) is 13.8 Å². The standard InChI is InChI=1S/C15H23F2N3O/c1-15(2,10-20(3)4)9-18-8-13(21)19-14-11(16)6-5-7-12(14)17/h5-7,18H,8-10H2,1-4H3,(H,19,21). The van der Waals surface area contributed by atoms with Crippen LogP contribution in [-0.2, 0) is 4.79 Å². The smallest absolute Gasteiger partial charge is 0.238 e. The quantitative estimate of drug-likeness (QED) is 0.810. The van der Waals surface area contributed by atoms with E-state index in [0.717, 1.165) is 18.7 Å². The Morgan fingerprint density at radius 2 is 1.81 bits per heavy atom. The van der Waals surface area contributed by atoms with Crippen LogP contribution in [0, 0.1) is 17.0 Å². The molecule has 2 N–H and O–H groups in total. The maximum atomic E-state index is 13.4. The van der Waals surface area contributed by atoms with Crippen LogP contribution < -0.4 is 10.6 Å². The molecule has 118 valence electrons. The third-order valence-electron chi connectivity index (χ3n) is 2.86. The SMILES string of the molecule is CN(C)CC(C)(C)CNCC(=O)Nc1c(F)cccc1F. The molecular formula is C15H23F2N3O. The molecule has 0 unspecified atom stereocenters. The fourth-order valence-electron chi connectivity index (χ4n) is 2.23. The molecule has 1 aromatic rings. The van der Waals surface area contributed by atoms with E-state index in [9.17, 15) is 13.6 Å². The number of rotatable bonds is 7. The van der Waals surface area contributed by atoms with Crippen LogP contribution in [0.5, 0.6) is 0 Å². The molecule has 0 atom stereocenters. The van der Waals surface area contributed by atoms with Crippen molar-refractivity contribution in [3.8, 4) is 0 Å². The summed E-state index contributed by atoms with van der Waals surface area (Å²) in [7, 11) is 3.96. The summed E-state index contributed by atoms with van der Waals surface area (Å²) >= 11 is 0. The summed E-state index contributed by atoms with van der Waals surface area (Å²) in [5.74, 6) is -2.03. The first-order chi connectivity index (χ1) is 9.71. The summed E-state index contributed by atoms with van der Waals surface area (Å²) in [6, 6.07) is 3.46. The molecule has 0 saturated carbocycles. The van der Waals surface area contributed by atoms with Gasteiger partial charge < -0.3 is 15.5 Å². The van der Waals surface area contributed by atoms with Gasteiger partial charge in [-0.3, -0.25) is 4.79 Å². The summed E-state index contributed by atoms with van der Waals surface area (Å²) in [5, 5.41) is 5.25. The predicted molar refractivity (Wildman–Crippen MR) is 80.2 cm³/mol. The Balaban J connectivity index is 2.45. The Hall–Kier alpha value is -1.53. The molecule has 1 aromatic carbocycles. The molecule has 4 nitrogen and oxygen atoms in total. The number of nitrogens with one attached hydrogen (secondary N) is 2. The summed E-state index contributed by atoms with van der Waals surface area (Å²) in [6.07, 6.45) is 0. The number of nitrogens with zero attached hydrogens (tertiary/aromatic N) is 1. The van der Waals surface area contributed by atoms with Crippen LogP contribution >= 0.6 is 0 Å². The first-order valence-corrected chi connectivity index (χ1v) is 6.80. The number of hydrogen-bond donors (Lipinski definition) is 2. The van der Waals surface area contributed by atoms with Crippen molar-refractivity contribution < 1.29 is 13.6 Å². The van der Waals surface area contributed by atoms with E-state index in [1.54, 1.807) is 0 Å². The van der Waals surface area contributed by atoms with Gasteiger partial charge >= 0.3 is 0 Å². The minimum absolute atomic E-state index is 0.00460. The largest absolute Gasteiger partial charge is 0.320 e. The first kappa shape index (κ1) is 17.5. The molecule has 0 bridgehead atoms. The lowest BCUT2D eigenvalue weighted by atomic mass is 9.93. The minimum Gasteiger partial charge on any atom is -0.320 e. The Bertz CT molecular complexity index is 470. The molecular weight excluding hydrogens is 276 g/mol. The van der Waals surface area contributed by atoms with Gasteiger partial charge in [0, 0.05) is 13.1 Å². The topological polar surface area (TPSA) is 44.4 Å². The van der Waals surface area contributed by atoms with Gasteiger partial charge in [0.05, 0.1) is 6.54 Å². The number of carbonyl (C=O) groups is 1. The number of hydrogen-bond acceptors (Lipinski definition) is 3. The average Bonchev–Trinajstić information content (AvgIpc) is 2.32. The highest BCUT2D eigenvalue weighted by Crippen LogP contribution is 2.17. The van der Waals surface area contributed by atoms with E-state index in [2.05, 4.69) is 29.4 Å². The van der Waals surface area contributed by atoms with Gasteiger partial charge in [0.2, 0.25) is 5.91 Å². The lowest BCUT2D eigenvalue weighted by Crippen LogP contribution is -2.40. The highest BCUT2D eigenvalue weighted by Gasteiger charge is 2.19. The van der Waals surface area contributed by atoms with Crippen molar-refractivity contribution in [2.24, 2.45) is 5.41 Å². The van der Waals surface area contributed by atoms with Gasteiger partial charge in [-0.15, -0.1) is 0 Å². The maximum Gasteiger partial charge on any atom is 0.238 e. The lowest BCUT2D eigenvalue weighted by Gasteiger charge is -2.28. The van der Waals surface area contributed by atoms with Crippen molar-refractivity contribution in [2.75, 3.05) is 39.0 Å². The van der Waals surface area contributed by atoms with E-state index in [-0.39, 0.29) is 12.0 Å². The van der Waals surface area contributed by atoms with E-state index in [4.69, 9.17) is 0 Å². The zero-order valence-electron chi connectivity index (χ0n) is 13.0. The molecule has 0 radical (unpaired) electrons. The van der Waals surface area contributed by atoms with E-state index < -0.39 is 23.2 Å². The van der Waals surface area contributed by atoms with Gasteiger partial charge in [-0.25, -0.2) is 8.78 Å². The van der Waals surface area contributed by atoms with Crippen LogP contribution in [0.3, 0.4) is 0 Å². The number of para-hydroxylation sites is 1. The van der Waals surface area contributed by atoms with Gasteiger partial charge in [-0.2, -0.15) is 0 Å². The van der Waals surface area contributed by atoms with Crippen LogP contribution in [0.25, 0.3) is 0 Å². The second kappa shape index (κ2) is 7.47. The van der Waals surface area contributed by atoms with E-state index in [1.807, 2.05) is 14.1 Å². The highest BCUT2D eigenvalue weighted by molar-refractivity contribution is 5.92. The number of carbonyl (C=O) groups excluding carboxylic acids is 1. The Kier molecular flexibility index (Phi) is 6.23. The fraction of sp³-hybridized carbons (Fsp3) is 0.533. The molecule has 0 heterocycles. The van der Waals surface area contributed by atoms with Gasteiger partial charge in [0.15, 0.2) is 0 Å². The lowest BCUT2D eigenvalue weighted by molar-refractivity contribution is -0.115. The van der Waals surface area contributed by atoms with Gasteiger partial charge in [-0.1, -0.05) is 19.9 Å². The van der Waals surface area contributed by atoms with Crippen molar-refractivity contribution in [1.82, 2.24) is 10.2 Å². The molecule has 0 fully saturated rings. The normalized spacial score (nSPS) is 11.8. The van der Waals surface area contributed by atoms with Crippen LogP contribution in [0.4, 0.5) is 14.5 Å². The molecule has 0 spiro atoms. The number of amides is 1. The fourth-order valence-corrected chi connectivity index (χ4v) is 2.23. The molecule has 0 saturated heterocycles. The van der Waals surface area contributed by atoms with E-state index in [0.29, 0.717) is 6.54 Å². The average molecular weight is 299 g/mol. The van der Waals surface area contributed by atoms with Crippen LogP contribution in [0.2, 0.25) is 0 Å². The summed E-state index contributed by atoms with van der Waals surface area (Å²) in [5.41, 5.74) is -0.413. The van der Waals surface area contributed by atoms with Crippen molar-refractivity contribution in [2.45, 2.75) is 13.8 Å². The predicted octanol–water partition coefficient (Wildman–Crippen LogP) is 2.08. The molecule has 1 rings (SSSR count). The molecule has 1 amide bonds. The third kappa shape index (κ3) is 6.18. The van der Waals surface area contributed by atoms with Gasteiger partial charge in [0.1, 0.15) is 17.3 Å². The number of benzene rings is 1. The van der Waals surface area contributed by atoms with E-state index >= 15 is 0 Å². The molecule has 0 aliphatic rings. The monoisotopic (exact) mass is 299 g/mol. The summed E-state index contributed by atoms with van der Waals surface area (Å²) < 4.78 is 26.8. The van der Waals surface area contributed by atoms with Crippen LogP contribution in [0.15, 0.2) is 18.2 Å². The van der Waals surface area contributed by atoms with Crippen molar-refractivity contribution in [3.63, 3.8) is 0 Å². The Labute approximate surface area is 124 Å². The molecule has 6 heteroatoms. The third-order valence-corrected chi connectivity index (χ3v) is 2.86. The molecule has 0 aliphatic carbocycles. The zero-order valence-corrected chi connectivity index (χ0v) is 13.0. The van der Waals surface area contributed by atoms with Crippen molar-refractivity contribution >= 4 is 11.6 Å². The summed E-state index contributed by atoms with van der Waals surface area (Å²) in [4.78, 5) is 13.8. The number of halogens is 2. The second-order valence-corrected chi connectivity index (χ2v) is 6.15. The van der Waals surface area contributed by atoms with Gasteiger partial charge in [0.25, 0.3) is 0 Å². The van der Waals surface area contributed by atoms with Crippen molar-refractivity contribution in [3.05, 3.63) is 29.8 Å². The molecule has 0 aromatic heterocycles. The molecule has 0 aliphatic heterocycles. The maximum absolute atomic E-state index is 13.4. The van der Waals surface area contributed by atoms with Crippen molar-refractivity contribution in [1.29, 1.82) is 0 Å². The Morgan fingerprint density at radius 3 is 2.33 bits per heavy atom. The highest BCUT2D eigenvalue weighted by atomic mass is 19.1. The molecule has 21 heavy (non-hydrogen) atoms. The Morgan fingerprint density at radius 1 is 1.24 bits per heavy atom. The van der Waals surface area contributed by atoms with E-state index in [1.165, 1.54) is 6.07 Å². The van der Waals surface area contributed by atoms with Crippen LogP contribution in [-0.4, -0.2) is 44.5 Å². The van der Waals surface area contributed by atoms with Gasteiger partial charge in [-0.05, 0) is 31.6 Å². The second-order valence-electron chi connectivity index (χ2n) is 6.15. The zero-order chi connectivity index (χ0) is 16.0. The first-order valence-electron chi connectivity index (χ1n) is 6.80.